The summed E-state index contributed by atoms with van der Waals surface area (Å²) in [5, 5.41) is 9.90. The number of nitrogens with zero attached hydrogens (tertiary/aromatic N) is 3. The molecule has 3 N–H and O–H groups in total. The molecule has 1 saturated carbocycles. The van der Waals surface area contributed by atoms with Gasteiger partial charge in [-0.25, -0.2) is 0 Å². The van der Waals surface area contributed by atoms with Crippen molar-refractivity contribution in [3.63, 3.8) is 0 Å². The largest absolute Gasteiger partial charge is 0.358 e. The van der Waals surface area contributed by atoms with Gasteiger partial charge in [-0.1, -0.05) is 62.4 Å². The third kappa shape index (κ3) is 6.37. The van der Waals surface area contributed by atoms with E-state index in [1.807, 2.05) is 79.3 Å². The van der Waals surface area contributed by atoms with Gasteiger partial charge in [0.15, 0.2) is 0 Å². The van der Waals surface area contributed by atoms with Crippen LogP contribution in [0.4, 0.5) is 11.8 Å². The van der Waals surface area contributed by atoms with E-state index >= 15 is 0 Å². The normalized spacial score (nSPS) is 15.9. The lowest BCUT2D eigenvalue weighted by molar-refractivity contribution is -0.122. The van der Waals surface area contributed by atoms with Gasteiger partial charge in [-0.2, -0.15) is 9.97 Å². The van der Waals surface area contributed by atoms with Crippen LogP contribution in [0, 0.1) is 5.92 Å². The van der Waals surface area contributed by atoms with E-state index in [9.17, 15) is 4.79 Å². The molecule has 7 heteroatoms. The maximum absolute atomic E-state index is 13.5. The van der Waals surface area contributed by atoms with Crippen molar-refractivity contribution in [1.82, 2.24) is 19.9 Å². The van der Waals surface area contributed by atoms with Gasteiger partial charge in [0.25, 0.3) is 0 Å². The fourth-order valence-electron chi connectivity index (χ4n) is 4.67. The van der Waals surface area contributed by atoms with E-state index in [2.05, 4.69) is 25.9 Å². The molecule has 1 aromatic carbocycles. The molecule has 4 rings (SSSR count). The summed E-state index contributed by atoms with van der Waals surface area (Å²) in [5.74, 6) is 2.51. The molecule has 1 fully saturated rings. The standard InChI is InChI=1S/C27H36N6O/c1-3-28-27-31-24(19-25(32-27)33-16-10-11-17-33)30-23(18-21-12-6-4-7-13-21)26(34)29-20(2)22-14-8-5-9-15-22/h5,8-11,14-17,19-21,23H,3-4,6-7,12-13,18H2,1-2H3,(H,29,34)(H2,28,30,31,32). The number of amides is 1. The average Bonchev–Trinajstić information content (AvgIpc) is 3.40. The van der Waals surface area contributed by atoms with Crippen molar-refractivity contribution < 1.29 is 4.79 Å². The van der Waals surface area contributed by atoms with Crippen LogP contribution in [-0.2, 0) is 4.79 Å². The zero-order valence-corrected chi connectivity index (χ0v) is 20.2. The minimum Gasteiger partial charge on any atom is -0.358 e. The number of hydrogen-bond acceptors (Lipinski definition) is 5. The number of rotatable bonds is 10. The highest BCUT2D eigenvalue weighted by Crippen LogP contribution is 2.29. The Bertz CT molecular complexity index is 1030. The lowest BCUT2D eigenvalue weighted by atomic mass is 9.84. The molecule has 34 heavy (non-hydrogen) atoms. The molecule has 0 radical (unpaired) electrons. The van der Waals surface area contributed by atoms with Gasteiger partial charge in [0, 0.05) is 25.0 Å². The fraction of sp³-hybridized carbons (Fsp3) is 0.444. The monoisotopic (exact) mass is 460 g/mol. The topological polar surface area (TPSA) is 83.9 Å². The molecular formula is C27H36N6O. The second-order valence-electron chi connectivity index (χ2n) is 9.13. The number of benzene rings is 1. The Labute approximate surface area is 202 Å². The lowest BCUT2D eigenvalue weighted by Crippen LogP contribution is -2.42. The first-order valence-corrected chi connectivity index (χ1v) is 12.5. The van der Waals surface area contributed by atoms with Crippen molar-refractivity contribution >= 4 is 17.7 Å². The van der Waals surface area contributed by atoms with Crippen molar-refractivity contribution in [2.24, 2.45) is 5.92 Å². The number of nitrogens with one attached hydrogen (secondary N) is 3. The van der Waals surface area contributed by atoms with Crippen molar-refractivity contribution in [2.45, 2.75) is 64.5 Å². The number of hydrogen-bond donors (Lipinski definition) is 3. The number of aromatic nitrogens is 3. The predicted molar refractivity (Wildman–Crippen MR) is 137 cm³/mol. The van der Waals surface area contributed by atoms with E-state index in [0.29, 0.717) is 17.7 Å². The minimum atomic E-state index is -0.365. The molecule has 1 aliphatic rings. The highest BCUT2D eigenvalue weighted by molar-refractivity contribution is 5.84. The summed E-state index contributed by atoms with van der Waals surface area (Å²) in [6, 6.07) is 15.5. The predicted octanol–water partition coefficient (Wildman–Crippen LogP) is 5.33. The Kier molecular flexibility index (Phi) is 8.17. The van der Waals surface area contributed by atoms with Crippen LogP contribution in [0.2, 0.25) is 0 Å². The fourth-order valence-corrected chi connectivity index (χ4v) is 4.67. The summed E-state index contributed by atoms with van der Waals surface area (Å²) < 4.78 is 1.95. The van der Waals surface area contributed by atoms with Gasteiger partial charge < -0.3 is 20.5 Å². The maximum Gasteiger partial charge on any atom is 0.243 e. The van der Waals surface area contributed by atoms with Crippen molar-refractivity contribution in [2.75, 3.05) is 17.2 Å². The second kappa shape index (κ2) is 11.7. The first-order valence-electron chi connectivity index (χ1n) is 12.5. The first kappa shape index (κ1) is 23.8. The first-order chi connectivity index (χ1) is 16.6. The smallest absolute Gasteiger partial charge is 0.243 e. The molecule has 0 aliphatic heterocycles. The molecule has 2 aromatic heterocycles. The molecule has 2 atom stereocenters. The van der Waals surface area contributed by atoms with Crippen LogP contribution in [0.5, 0.6) is 0 Å². The molecule has 0 bridgehead atoms. The number of carbonyl (C=O) groups excluding carboxylic acids is 1. The Morgan fingerprint density at radius 2 is 1.79 bits per heavy atom. The molecule has 2 unspecified atom stereocenters. The van der Waals surface area contributed by atoms with E-state index in [-0.39, 0.29) is 18.0 Å². The molecule has 7 nitrogen and oxygen atoms in total. The Balaban J connectivity index is 1.56. The lowest BCUT2D eigenvalue weighted by Gasteiger charge is -2.28. The zero-order valence-electron chi connectivity index (χ0n) is 20.2. The summed E-state index contributed by atoms with van der Waals surface area (Å²) in [6.07, 6.45) is 10.9. The zero-order chi connectivity index (χ0) is 23.8. The van der Waals surface area contributed by atoms with Crippen LogP contribution in [0.1, 0.15) is 64.0 Å². The Hall–Kier alpha value is -3.35. The highest BCUT2D eigenvalue weighted by Gasteiger charge is 2.26. The highest BCUT2D eigenvalue weighted by atomic mass is 16.2. The summed E-state index contributed by atoms with van der Waals surface area (Å²) in [4.78, 5) is 22.8. The summed E-state index contributed by atoms with van der Waals surface area (Å²) in [5.41, 5.74) is 1.10. The molecule has 0 spiro atoms. The van der Waals surface area contributed by atoms with Gasteiger partial charge in [0.1, 0.15) is 17.7 Å². The SMILES string of the molecule is CCNc1nc(NC(CC2CCCCC2)C(=O)NC(C)c2ccccc2)cc(-n2cccc2)n1. The molecular weight excluding hydrogens is 424 g/mol. The number of anilines is 2. The molecule has 180 valence electrons. The van der Waals surface area contributed by atoms with E-state index in [1.54, 1.807) is 0 Å². The third-order valence-electron chi connectivity index (χ3n) is 6.51. The van der Waals surface area contributed by atoms with E-state index < -0.39 is 0 Å². The van der Waals surface area contributed by atoms with Gasteiger partial charge in [-0.3, -0.25) is 4.79 Å². The van der Waals surface area contributed by atoms with Crippen LogP contribution in [0.25, 0.3) is 5.82 Å². The second-order valence-corrected chi connectivity index (χ2v) is 9.13. The minimum absolute atomic E-state index is 0.00746. The summed E-state index contributed by atoms with van der Waals surface area (Å²) in [6.45, 7) is 4.77. The van der Waals surface area contributed by atoms with Crippen LogP contribution in [0.15, 0.2) is 60.9 Å². The Morgan fingerprint density at radius 3 is 2.50 bits per heavy atom. The van der Waals surface area contributed by atoms with Gasteiger partial charge in [0.2, 0.25) is 11.9 Å². The van der Waals surface area contributed by atoms with Crippen molar-refractivity contribution in [3.05, 3.63) is 66.5 Å². The maximum atomic E-state index is 13.5. The number of carbonyl (C=O) groups is 1. The summed E-state index contributed by atoms with van der Waals surface area (Å²) >= 11 is 0. The molecule has 1 amide bonds. The van der Waals surface area contributed by atoms with Crippen LogP contribution < -0.4 is 16.0 Å². The van der Waals surface area contributed by atoms with E-state index in [4.69, 9.17) is 0 Å². The molecule has 1 aliphatic carbocycles. The molecule has 2 heterocycles. The van der Waals surface area contributed by atoms with E-state index in [1.165, 1.54) is 32.1 Å². The molecule has 3 aromatic rings. The van der Waals surface area contributed by atoms with E-state index in [0.717, 1.165) is 24.3 Å². The molecule has 0 saturated heterocycles. The van der Waals surface area contributed by atoms with Gasteiger partial charge >= 0.3 is 0 Å². The third-order valence-corrected chi connectivity index (χ3v) is 6.51. The Morgan fingerprint density at radius 1 is 1.06 bits per heavy atom. The van der Waals surface area contributed by atoms with Crippen molar-refractivity contribution in [3.8, 4) is 5.82 Å². The van der Waals surface area contributed by atoms with Crippen LogP contribution in [-0.4, -0.2) is 33.0 Å². The van der Waals surface area contributed by atoms with Gasteiger partial charge in [-0.05, 0) is 43.9 Å². The summed E-state index contributed by atoms with van der Waals surface area (Å²) in [7, 11) is 0. The van der Waals surface area contributed by atoms with Gasteiger partial charge in [-0.15, -0.1) is 0 Å². The van der Waals surface area contributed by atoms with Crippen molar-refractivity contribution in [1.29, 1.82) is 0 Å². The quantitative estimate of drug-likeness (QED) is 0.381. The van der Waals surface area contributed by atoms with Crippen LogP contribution in [0.3, 0.4) is 0 Å². The average molecular weight is 461 g/mol. The van der Waals surface area contributed by atoms with Gasteiger partial charge in [0.05, 0.1) is 6.04 Å². The van der Waals surface area contributed by atoms with Crippen LogP contribution >= 0.6 is 0 Å².